The second-order valence-corrected chi connectivity index (χ2v) is 7.14. The Morgan fingerprint density at radius 2 is 1.92 bits per heavy atom. The monoisotopic (exact) mass is 373 g/mol. The molecule has 6 heteroatoms. The topological polar surface area (TPSA) is 75.6 Å². The first-order valence-electron chi connectivity index (χ1n) is 8.34. The van der Waals surface area contributed by atoms with Crippen molar-refractivity contribution >= 4 is 23.6 Å². The molecule has 0 fully saturated rings. The molecule has 138 valence electrons. The van der Waals surface area contributed by atoms with E-state index in [4.69, 9.17) is 9.84 Å². The van der Waals surface area contributed by atoms with Gasteiger partial charge in [-0.25, -0.2) is 4.79 Å². The van der Waals surface area contributed by atoms with Gasteiger partial charge in [-0.3, -0.25) is 4.79 Å². The van der Waals surface area contributed by atoms with Crippen LogP contribution < -0.4 is 10.1 Å². The normalized spacial score (nSPS) is 11.6. The lowest BCUT2D eigenvalue weighted by molar-refractivity contribution is -0.120. The molecule has 2 aromatic carbocycles. The van der Waals surface area contributed by atoms with Crippen LogP contribution in [0.2, 0.25) is 0 Å². The third-order valence-corrected chi connectivity index (χ3v) is 5.15. The van der Waals surface area contributed by atoms with Gasteiger partial charge in [-0.15, -0.1) is 11.8 Å². The summed E-state index contributed by atoms with van der Waals surface area (Å²) in [6.45, 7) is 2.36. The van der Waals surface area contributed by atoms with Crippen molar-refractivity contribution in [2.24, 2.45) is 0 Å². The van der Waals surface area contributed by atoms with Crippen LogP contribution in [0, 0.1) is 0 Å². The van der Waals surface area contributed by atoms with Crippen LogP contribution in [0.15, 0.2) is 48.5 Å². The number of carbonyl (C=O) groups excluding carboxylic acids is 1. The zero-order valence-corrected chi connectivity index (χ0v) is 15.7. The minimum absolute atomic E-state index is 0.00736. The van der Waals surface area contributed by atoms with Crippen LogP contribution in [-0.2, 0) is 17.0 Å². The third kappa shape index (κ3) is 5.81. The van der Waals surface area contributed by atoms with Gasteiger partial charge in [-0.2, -0.15) is 0 Å². The summed E-state index contributed by atoms with van der Waals surface area (Å²) in [7, 11) is 1.51. The Hall–Kier alpha value is -2.47. The fraction of sp³-hybridized carbons (Fsp3) is 0.300. The smallest absolute Gasteiger partial charge is 0.335 e. The lowest BCUT2D eigenvalue weighted by atomic mass is 10.1. The molecule has 2 aromatic rings. The zero-order valence-electron chi connectivity index (χ0n) is 14.9. The van der Waals surface area contributed by atoms with Crippen LogP contribution in [-0.4, -0.2) is 35.9 Å². The van der Waals surface area contributed by atoms with Gasteiger partial charge in [0.2, 0.25) is 5.91 Å². The Morgan fingerprint density at radius 3 is 2.58 bits per heavy atom. The highest BCUT2D eigenvalue weighted by Gasteiger charge is 2.14. The van der Waals surface area contributed by atoms with Crippen molar-refractivity contribution in [2.45, 2.75) is 24.3 Å². The fourth-order valence-corrected chi connectivity index (χ4v) is 3.29. The Bertz CT molecular complexity index is 749. The maximum absolute atomic E-state index is 12.2. The van der Waals surface area contributed by atoms with Crippen molar-refractivity contribution in [3.8, 4) is 5.75 Å². The highest BCUT2D eigenvalue weighted by atomic mass is 32.2. The van der Waals surface area contributed by atoms with Gasteiger partial charge in [0.1, 0.15) is 5.75 Å². The number of benzene rings is 2. The van der Waals surface area contributed by atoms with Crippen molar-refractivity contribution in [3.63, 3.8) is 0 Å². The summed E-state index contributed by atoms with van der Waals surface area (Å²) < 4.78 is 5.25. The molecule has 0 spiro atoms. The number of rotatable bonds is 9. The molecule has 1 unspecified atom stereocenters. The van der Waals surface area contributed by atoms with E-state index in [1.54, 1.807) is 23.9 Å². The highest BCUT2D eigenvalue weighted by Crippen LogP contribution is 2.21. The largest absolute Gasteiger partial charge is 0.496 e. The molecular weight excluding hydrogens is 350 g/mol. The first kappa shape index (κ1) is 19.8. The fourth-order valence-electron chi connectivity index (χ4n) is 2.42. The molecule has 0 bridgehead atoms. The minimum Gasteiger partial charge on any atom is -0.496 e. The molecule has 5 nitrogen and oxygen atoms in total. The van der Waals surface area contributed by atoms with Crippen molar-refractivity contribution in [1.82, 2.24) is 5.32 Å². The van der Waals surface area contributed by atoms with Crippen LogP contribution >= 0.6 is 11.8 Å². The standard InChI is InChI=1S/C20H23NO4S/c1-14(26-13-15-6-4-3-5-7-15)19(22)21-11-10-16-8-9-17(20(23)24)12-18(16)25-2/h3-9,12,14H,10-11,13H2,1-2H3,(H,21,22)(H,23,24). The Morgan fingerprint density at radius 1 is 1.19 bits per heavy atom. The molecule has 0 aliphatic heterocycles. The molecule has 0 aliphatic rings. The first-order chi connectivity index (χ1) is 12.5. The first-order valence-corrected chi connectivity index (χ1v) is 9.39. The van der Waals surface area contributed by atoms with E-state index >= 15 is 0 Å². The Labute approximate surface area is 157 Å². The molecule has 0 heterocycles. The number of carboxylic acids is 1. The van der Waals surface area contributed by atoms with Gasteiger partial charge in [0.25, 0.3) is 0 Å². The Kier molecular flexibility index (Phi) is 7.53. The maximum atomic E-state index is 12.2. The number of nitrogens with one attached hydrogen (secondary N) is 1. The average Bonchev–Trinajstić information content (AvgIpc) is 2.66. The SMILES string of the molecule is COc1cc(C(=O)O)ccc1CCNC(=O)C(C)SCc1ccccc1. The zero-order chi connectivity index (χ0) is 18.9. The van der Waals surface area contributed by atoms with E-state index < -0.39 is 5.97 Å². The highest BCUT2D eigenvalue weighted by molar-refractivity contribution is 7.99. The van der Waals surface area contributed by atoms with Gasteiger partial charge in [0.05, 0.1) is 17.9 Å². The molecule has 2 N–H and O–H groups in total. The van der Waals surface area contributed by atoms with Crippen LogP contribution in [0.25, 0.3) is 0 Å². The van der Waals surface area contributed by atoms with Crippen molar-refractivity contribution in [2.75, 3.05) is 13.7 Å². The quantitative estimate of drug-likeness (QED) is 0.705. The van der Waals surface area contributed by atoms with Crippen LogP contribution in [0.3, 0.4) is 0 Å². The van der Waals surface area contributed by atoms with E-state index in [-0.39, 0.29) is 16.7 Å². The molecule has 0 aliphatic carbocycles. The summed E-state index contributed by atoms with van der Waals surface area (Å²) >= 11 is 1.59. The molecule has 26 heavy (non-hydrogen) atoms. The Balaban J connectivity index is 1.81. The second kappa shape index (κ2) is 9.87. The van der Waals surface area contributed by atoms with Gasteiger partial charge < -0.3 is 15.2 Å². The maximum Gasteiger partial charge on any atom is 0.335 e. The van der Waals surface area contributed by atoms with Gasteiger partial charge >= 0.3 is 5.97 Å². The van der Waals surface area contributed by atoms with Crippen LogP contribution in [0.4, 0.5) is 0 Å². The van der Waals surface area contributed by atoms with Crippen molar-refractivity contribution in [1.29, 1.82) is 0 Å². The molecule has 0 radical (unpaired) electrons. The van der Waals surface area contributed by atoms with Gasteiger partial charge in [-0.1, -0.05) is 36.4 Å². The minimum atomic E-state index is -0.993. The lowest BCUT2D eigenvalue weighted by Crippen LogP contribution is -2.32. The molecule has 2 rings (SSSR count). The summed E-state index contributed by atoms with van der Waals surface area (Å²) in [5.74, 6) is 0.310. The van der Waals surface area contributed by atoms with E-state index in [2.05, 4.69) is 5.32 Å². The van der Waals surface area contributed by atoms with E-state index in [0.29, 0.717) is 18.7 Å². The van der Waals surface area contributed by atoms with Gasteiger partial charge in [-0.05, 0) is 36.6 Å². The van der Waals surface area contributed by atoms with E-state index in [1.165, 1.54) is 18.7 Å². The number of aromatic carboxylic acids is 1. The van der Waals surface area contributed by atoms with E-state index in [1.807, 2.05) is 37.3 Å². The molecular formula is C20H23NO4S. The summed E-state index contributed by atoms with van der Waals surface area (Å²) in [6.07, 6.45) is 0.574. The predicted octanol–water partition coefficient (Wildman–Crippen LogP) is 3.37. The van der Waals surface area contributed by atoms with Crippen LogP contribution in [0.5, 0.6) is 5.75 Å². The summed E-state index contributed by atoms with van der Waals surface area (Å²) in [6, 6.07) is 14.8. The van der Waals surface area contributed by atoms with Gasteiger partial charge in [0.15, 0.2) is 0 Å². The summed E-state index contributed by atoms with van der Waals surface area (Å²) in [5, 5.41) is 11.8. The number of ether oxygens (including phenoxy) is 1. The number of amides is 1. The molecule has 1 atom stereocenters. The number of hydrogen-bond acceptors (Lipinski definition) is 4. The second-order valence-electron chi connectivity index (χ2n) is 5.81. The van der Waals surface area contributed by atoms with Crippen LogP contribution in [0.1, 0.15) is 28.4 Å². The molecule has 0 saturated carbocycles. The van der Waals surface area contributed by atoms with E-state index in [9.17, 15) is 9.59 Å². The van der Waals surface area contributed by atoms with Gasteiger partial charge in [0, 0.05) is 12.3 Å². The predicted molar refractivity (Wildman–Crippen MR) is 104 cm³/mol. The molecule has 0 aromatic heterocycles. The number of hydrogen-bond donors (Lipinski definition) is 2. The number of methoxy groups -OCH3 is 1. The van der Waals surface area contributed by atoms with E-state index in [0.717, 1.165) is 11.3 Å². The number of carbonyl (C=O) groups is 2. The number of thioether (sulfide) groups is 1. The summed E-state index contributed by atoms with van der Waals surface area (Å²) in [4.78, 5) is 23.2. The summed E-state index contributed by atoms with van der Waals surface area (Å²) in [5.41, 5.74) is 2.24. The lowest BCUT2D eigenvalue weighted by Gasteiger charge is -2.13. The third-order valence-electron chi connectivity index (χ3n) is 3.94. The van der Waals surface area contributed by atoms with Crippen molar-refractivity contribution in [3.05, 3.63) is 65.2 Å². The molecule has 1 amide bonds. The molecule has 0 saturated heterocycles. The number of carboxylic acid groups (broad SMARTS) is 1. The van der Waals surface area contributed by atoms with Crippen molar-refractivity contribution < 1.29 is 19.4 Å². The average molecular weight is 373 g/mol.